The molecule has 1 fully saturated rings. The van der Waals surface area contributed by atoms with Gasteiger partial charge in [0.25, 0.3) is 0 Å². The lowest BCUT2D eigenvalue weighted by molar-refractivity contribution is 0.288. The van der Waals surface area contributed by atoms with Gasteiger partial charge in [0.15, 0.2) is 0 Å². The zero-order valence-corrected chi connectivity index (χ0v) is 12.7. The van der Waals surface area contributed by atoms with Gasteiger partial charge < -0.3 is 10.1 Å². The highest BCUT2D eigenvalue weighted by atomic mass is 35.5. The lowest BCUT2D eigenvalue weighted by atomic mass is 10.1. The van der Waals surface area contributed by atoms with Gasteiger partial charge in [-0.15, -0.1) is 12.4 Å². The number of ether oxygens (including phenoxy) is 1. The topological polar surface area (TPSA) is 67.4 Å². The standard InChI is InChI=1S/C13H18N2O3S.ClH/c16-19(17,15-11-5-6-14-9-11)12-3-4-13-10(8-12)2-1-7-18-13;/h3-4,8,11,14-15H,1-2,5-7,9H2;1H. The van der Waals surface area contributed by atoms with Gasteiger partial charge in [-0.2, -0.15) is 0 Å². The summed E-state index contributed by atoms with van der Waals surface area (Å²) >= 11 is 0. The van der Waals surface area contributed by atoms with Crippen molar-refractivity contribution in [1.29, 1.82) is 0 Å². The largest absolute Gasteiger partial charge is 0.493 e. The van der Waals surface area contributed by atoms with Gasteiger partial charge in [0.1, 0.15) is 5.75 Å². The molecule has 5 nitrogen and oxygen atoms in total. The number of nitrogens with one attached hydrogen (secondary N) is 2. The average Bonchev–Trinajstić information content (AvgIpc) is 2.90. The predicted molar refractivity (Wildman–Crippen MR) is 79.1 cm³/mol. The van der Waals surface area contributed by atoms with E-state index in [9.17, 15) is 8.42 Å². The fourth-order valence-electron chi connectivity index (χ4n) is 2.55. The molecule has 0 spiro atoms. The molecule has 1 saturated heterocycles. The quantitative estimate of drug-likeness (QED) is 0.875. The van der Waals surface area contributed by atoms with Crippen LogP contribution >= 0.6 is 12.4 Å². The number of sulfonamides is 1. The Kier molecular flexibility index (Phi) is 4.90. The molecule has 2 aliphatic rings. The van der Waals surface area contributed by atoms with Crippen LogP contribution < -0.4 is 14.8 Å². The Bertz CT molecular complexity index is 571. The molecule has 0 radical (unpaired) electrons. The molecule has 7 heteroatoms. The first kappa shape index (κ1) is 15.6. The fourth-order valence-corrected chi connectivity index (χ4v) is 3.87. The smallest absolute Gasteiger partial charge is 0.240 e. The number of fused-ring (bicyclic) bond motifs is 1. The minimum Gasteiger partial charge on any atom is -0.493 e. The van der Waals surface area contributed by atoms with Gasteiger partial charge in [-0.1, -0.05) is 0 Å². The summed E-state index contributed by atoms with van der Waals surface area (Å²) in [5, 5.41) is 3.15. The minimum atomic E-state index is -3.42. The molecule has 1 unspecified atom stereocenters. The second-order valence-electron chi connectivity index (χ2n) is 5.03. The third kappa shape index (κ3) is 3.25. The molecule has 0 aromatic heterocycles. The first-order valence-electron chi connectivity index (χ1n) is 6.64. The van der Waals surface area contributed by atoms with Crippen molar-refractivity contribution in [3.05, 3.63) is 23.8 Å². The molecule has 3 rings (SSSR count). The Balaban J connectivity index is 0.00000147. The number of hydrogen-bond acceptors (Lipinski definition) is 4. The Morgan fingerprint density at radius 3 is 2.95 bits per heavy atom. The fraction of sp³-hybridized carbons (Fsp3) is 0.538. The molecule has 1 atom stereocenters. The van der Waals surface area contributed by atoms with Crippen molar-refractivity contribution < 1.29 is 13.2 Å². The van der Waals surface area contributed by atoms with Crippen LogP contribution in [0, 0.1) is 0 Å². The Labute approximate surface area is 125 Å². The summed E-state index contributed by atoms with van der Waals surface area (Å²) in [7, 11) is -3.42. The zero-order chi connectivity index (χ0) is 13.3. The van der Waals surface area contributed by atoms with Gasteiger partial charge in [-0.25, -0.2) is 13.1 Å². The van der Waals surface area contributed by atoms with Gasteiger partial charge in [0, 0.05) is 12.6 Å². The van der Waals surface area contributed by atoms with E-state index in [2.05, 4.69) is 10.0 Å². The highest BCUT2D eigenvalue weighted by Gasteiger charge is 2.23. The monoisotopic (exact) mass is 318 g/mol. The summed E-state index contributed by atoms with van der Waals surface area (Å²) in [5.41, 5.74) is 0.985. The van der Waals surface area contributed by atoms with E-state index in [1.54, 1.807) is 18.2 Å². The third-order valence-electron chi connectivity index (χ3n) is 3.57. The van der Waals surface area contributed by atoms with Crippen molar-refractivity contribution in [2.75, 3.05) is 19.7 Å². The first-order chi connectivity index (χ1) is 9.15. The van der Waals surface area contributed by atoms with E-state index < -0.39 is 10.0 Å². The molecule has 2 N–H and O–H groups in total. The minimum absolute atomic E-state index is 0. The number of halogens is 1. The van der Waals surface area contributed by atoms with Crippen LogP contribution in [-0.2, 0) is 16.4 Å². The molecule has 0 aliphatic carbocycles. The van der Waals surface area contributed by atoms with Crippen LogP contribution in [0.2, 0.25) is 0 Å². The molecule has 2 aliphatic heterocycles. The van der Waals surface area contributed by atoms with Gasteiger partial charge in [-0.3, -0.25) is 0 Å². The van der Waals surface area contributed by atoms with Crippen molar-refractivity contribution in [1.82, 2.24) is 10.0 Å². The van der Waals surface area contributed by atoms with Crippen molar-refractivity contribution in [2.24, 2.45) is 0 Å². The molecule has 0 saturated carbocycles. The average molecular weight is 319 g/mol. The van der Waals surface area contributed by atoms with Gasteiger partial charge in [-0.05, 0) is 49.6 Å². The number of benzene rings is 1. The molecular formula is C13H19ClN2O3S. The van der Waals surface area contributed by atoms with Crippen LogP contribution in [0.5, 0.6) is 5.75 Å². The maximum atomic E-state index is 12.3. The Hall–Kier alpha value is -0.820. The van der Waals surface area contributed by atoms with E-state index in [0.717, 1.165) is 37.1 Å². The SMILES string of the molecule is Cl.O=S(=O)(NC1CCNC1)c1ccc2c(c1)CCCO2. The number of aryl methyl sites for hydroxylation is 1. The summed E-state index contributed by atoms with van der Waals surface area (Å²) in [6.07, 6.45) is 2.66. The third-order valence-corrected chi connectivity index (χ3v) is 5.09. The maximum Gasteiger partial charge on any atom is 0.240 e. The van der Waals surface area contributed by atoms with E-state index in [0.29, 0.717) is 18.0 Å². The maximum absolute atomic E-state index is 12.3. The van der Waals surface area contributed by atoms with Crippen LogP contribution in [-0.4, -0.2) is 34.2 Å². The number of rotatable bonds is 3. The second-order valence-corrected chi connectivity index (χ2v) is 6.75. The van der Waals surface area contributed by atoms with E-state index in [-0.39, 0.29) is 18.4 Å². The highest BCUT2D eigenvalue weighted by molar-refractivity contribution is 7.89. The Morgan fingerprint density at radius 2 is 2.20 bits per heavy atom. The summed E-state index contributed by atoms with van der Waals surface area (Å²) < 4.78 is 32.8. The molecule has 20 heavy (non-hydrogen) atoms. The van der Waals surface area contributed by atoms with Crippen molar-refractivity contribution >= 4 is 22.4 Å². The summed E-state index contributed by atoms with van der Waals surface area (Å²) in [6.45, 7) is 2.28. The van der Waals surface area contributed by atoms with Gasteiger partial charge in [0.05, 0.1) is 11.5 Å². The van der Waals surface area contributed by atoms with Crippen LogP contribution in [0.15, 0.2) is 23.1 Å². The molecular weight excluding hydrogens is 300 g/mol. The van der Waals surface area contributed by atoms with E-state index >= 15 is 0 Å². The summed E-state index contributed by atoms with van der Waals surface area (Å²) in [4.78, 5) is 0.337. The molecule has 0 amide bonds. The van der Waals surface area contributed by atoms with Gasteiger partial charge >= 0.3 is 0 Å². The number of hydrogen-bond donors (Lipinski definition) is 2. The summed E-state index contributed by atoms with van der Waals surface area (Å²) in [6, 6.07) is 5.11. The normalized spacial score (nSPS) is 21.7. The van der Waals surface area contributed by atoms with Crippen LogP contribution in [0.25, 0.3) is 0 Å². The molecule has 0 bridgehead atoms. The molecule has 1 aromatic rings. The predicted octanol–water partition coefficient (Wildman–Crippen LogP) is 1.07. The van der Waals surface area contributed by atoms with Crippen molar-refractivity contribution in [2.45, 2.75) is 30.2 Å². The van der Waals surface area contributed by atoms with E-state index in [4.69, 9.17) is 4.74 Å². The van der Waals surface area contributed by atoms with Crippen molar-refractivity contribution in [3.8, 4) is 5.75 Å². The van der Waals surface area contributed by atoms with E-state index in [1.165, 1.54) is 0 Å². The van der Waals surface area contributed by atoms with Crippen LogP contribution in [0.1, 0.15) is 18.4 Å². The Morgan fingerprint density at radius 1 is 1.35 bits per heavy atom. The van der Waals surface area contributed by atoms with Crippen LogP contribution in [0.4, 0.5) is 0 Å². The van der Waals surface area contributed by atoms with Gasteiger partial charge in [0.2, 0.25) is 10.0 Å². The van der Waals surface area contributed by atoms with Crippen molar-refractivity contribution in [3.63, 3.8) is 0 Å². The first-order valence-corrected chi connectivity index (χ1v) is 8.12. The lowest BCUT2D eigenvalue weighted by Gasteiger charge is -2.18. The second kappa shape index (κ2) is 6.30. The zero-order valence-electron chi connectivity index (χ0n) is 11.1. The molecule has 112 valence electrons. The molecule has 2 heterocycles. The highest BCUT2D eigenvalue weighted by Crippen LogP contribution is 2.27. The summed E-state index contributed by atoms with van der Waals surface area (Å²) in [5.74, 6) is 0.813. The lowest BCUT2D eigenvalue weighted by Crippen LogP contribution is -2.36. The molecule has 1 aromatic carbocycles. The van der Waals surface area contributed by atoms with E-state index in [1.807, 2.05) is 0 Å². The van der Waals surface area contributed by atoms with Crippen LogP contribution in [0.3, 0.4) is 0 Å².